The summed E-state index contributed by atoms with van der Waals surface area (Å²) in [7, 11) is 0. The highest BCUT2D eigenvalue weighted by molar-refractivity contribution is 5.78. The molecule has 1 heterocycles. The van der Waals surface area contributed by atoms with E-state index in [-0.39, 0.29) is 12.5 Å². The fourth-order valence-electron chi connectivity index (χ4n) is 1.27. The molecule has 5 heteroatoms. The van der Waals surface area contributed by atoms with E-state index in [9.17, 15) is 9.59 Å². The van der Waals surface area contributed by atoms with Crippen LogP contribution in [0.4, 0.5) is 0 Å². The predicted molar refractivity (Wildman–Crippen MR) is 44.3 cm³/mol. The Balaban J connectivity index is 2.05. The Kier molecular flexibility index (Phi) is 3.70. The van der Waals surface area contributed by atoms with Crippen molar-refractivity contribution in [1.29, 1.82) is 0 Å². The van der Waals surface area contributed by atoms with Crippen molar-refractivity contribution < 1.29 is 19.4 Å². The number of carbonyl (C=O) groups is 2. The van der Waals surface area contributed by atoms with E-state index < -0.39 is 5.97 Å². The third-order valence-corrected chi connectivity index (χ3v) is 1.90. The normalized spacial score (nSPS) is 16.6. The molecular formula is C8H13NO4. The standard InChI is InChI=1S/C8H13NO4/c10-7-2-1-3-9(7)4-5-13-6-8(11)12/h1-6H2,(H,11,12). The van der Waals surface area contributed by atoms with Gasteiger partial charge < -0.3 is 14.7 Å². The fourth-order valence-corrected chi connectivity index (χ4v) is 1.27. The summed E-state index contributed by atoms with van der Waals surface area (Å²) >= 11 is 0. The van der Waals surface area contributed by atoms with Crippen molar-refractivity contribution in [2.75, 3.05) is 26.3 Å². The SMILES string of the molecule is O=C(O)COCCN1CCCC1=O. The van der Waals surface area contributed by atoms with Gasteiger partial charge in [0.15, 0.2) is 0 Å². The molecule has 13 heavy (non-hydrogen) atoms. The highest BCUT2D eigenvalue weighted by Crippen LogP contribution is 2.08. The van der Waals surface area contributed by atoms with Crippen LogP contribution in [0.25, 0.3) is 0 Å². The van der Waals surface area contributed by atoms with Crippen molar-refractivity contribution in [3.05, 3.63) is 0 Å². The van der Waals surface area contributed by atoms with Gasteiger partial charge in [0, 0.05) is 19.5 Å². The van der Waals surface area contributed by atoms with Gasteiger partial charge in [-0.2, -0.15) is 0 Å². The molecule has 0 unspecified atom stereocenters. The fraction of sp³-hybridized carbons (Fsp3) is 0.750. The summed E-state index contributed by atoms with van der Waals surface area (Å²) in [5.41, 5.74) is 0. The lowest BCUT2D eigenvalue weighted by atomic mass is 10.4. The molecule has 0 aromatic heterocycles. The average Bonchev–Trinajstić information content (AvgIpc) is 2.45. The van der Waals surface area contributed by atoms with E-state index in [1.165, 1.54) is 0 Å². The van der Waals surface area contributed by atoms with Crippen molar-refractivity contribution >= 4 is 11.9 Å². The average molecular weight is 187 g/mol. The van der Waals surface area contributed by atoms with E-state index in [1.807, 2.05) is 0 Å². The van der Waals surface area contributed by atoms with Gasteiger partial charge in [-0.05, 0) is 6.42 Å². The minimum atomic E-state index is -0.979. The summed E-state index contributed by atoms with van der Waals surface area (Å²) in [5, 5.41) is 8.25. The quantitative estimate of drug-likeness (QED) is 0.600. The summed E-state index contributed by atoms with van der Waals surface area (Å²) < 4.78 is 4.81. The molecule has 74 valence electrons. The van der Waals surface area contributed by atoms with Gasteiger partial charge in [0.1, 0.15) is 6.61 Å². The highest BCUT2D eigenvalue weighted by atomic mass is 16.5. The van der Waals surface area contributed by atoms with Gasteiger partial charge >= 0.3 is 5.97 Å². The van der Waals surface area contributed by atoms with Gasteiger partial charge in [-0.3, -0.25) is 4.79 Å². The summed E-state index contributed by atoms with van der Waals surface area (Å²) in [4.78, 5) is 22.8. The number of hydrogen-bond acceptors (Lipinski definition) is 3. The molecule has 0 bridgehead atoms. The first-order valence-corrected chi connectivity index (χ1v) is 4.27. The van der Waals surface area contributed by atoms with Crippen LogP contribution in [-0.4, -0.2) is 48.2 Å². The van der Waals surface area contributed by atoms with E-state index in [0.29, 0.717) is 19.6 Å². The topological polar surface area (TPSA) is 66.8 Å². The van der Waals surface area contributed by atoms with Crippen LogP contribution in [0, 0.1) is 0 Å². The van der Waals surface area contributed by atoms with E-state index in [4.69, 9.17) is 9.84 Å². The predicted octanol–water partition coefficient (Wildman–Crippen LogP) is -0.290. The number of carboxylic acid groups (broad SMARTS) is 1. The molecule has 1 amide bonds. The zero-order valence-electron chi connectivity index (χ0n) is 7.36. The number of amides is 1. The summed E-state index contributed by atoms with van der Waals surface area (Å²) in [6.07, 6.45) is 1.51. The number of nitrogens with zero attached hydrogens (tertiary/aromatic N) is 1. The first-order chi connectivity index (χ1) is 6.20. The molecule has 0 aromatic carbocycles. The Morgan fingerprint density at radius 3 is 2.92 bits per heavy atom. The van der Waals surface area contributed by atoms with Crippen molar-refractivity contribution in [2.24, 2.45) is 0 Å². The highest BCUT2D eigenvalue weighted by Gasteiger charge is 2.19. The van der Waals surface area contributed by atoms with Crippen LogP contribution in [-0.2, 0) is 14.3 Å². The van der Waals surface area contributed by atoms with Gasteiger partial charge in [0.25, 0.3) is 0 Å². The first-order valence-electron chi connectivity index (χ1n) is 4.27. The van der Waals surface area contributed by atoms with Gasteiger partial charge in [0.05, 0.1) is 6.61 Å². The van der Waals surface area contributed by atoms with E-state index >= 15 is 0 Å². The molecule has 0 spiro atoms. The van der Waals surface area contributed by atoms with E-state index in [1.54, 1.807) is 4.90 Å². The number of hydrogen-bond donors (Lipinski definition) is 1. The van der Waals surface area contributed by atoms with Crippen molar-refractivity contribution in [3.63, 3.8) is 0 Å². The minimum Gasteiger partial charge on any atom is -0.480 e. The van der Waals surface area contributed by atoms with Gasteiger partial charge in [-0.25, -0.2) is 4.79 Å². The molecule has 1 fully saturated rings. The van der Waals surface area contributed by atoms with Gasteiger partial charge in [0.2, 0.25) is 5.91 Å². The van der Waals surface area contributed by atoms with E-state index in [2.05, 4.69) is 0 Å². The van der Waals surface area contributed by atoms with Crippen LogP contribution in [0.3, 0.4) is 0 Å². The zero-order valence-corrected chi connectivity index (χ0v) is 7.36. The third-order valence-electron chi connectivity index (χ3n) is 1.90. The number of likely N-dealkylation sites (tertiary alicyclic amines) is 1. The van der Waals surface area contributed by atoms with Crippen molar-refractivity contribution in [3.8, 4) is 0 Å². The second-order valence-corrected chi connectivity index (χ2v) is 2.93. The Bertz CT molecular complexity index is 204. The number of rotatable bonds is 5. The molecule has 1 aliphatic heterocycles. The van der Waals surface area contributed by atoms with Crippen LogP contribution >= 0.6 is 0 Å². The molecule has 1 aliphatic rings. The molecule has 0 saturated carbocycles. The molecule has 0 aromatic rings. The second kappa shape index (κ2) is 4.81. The number of carboxylic acids is 1. The molecule has 0 atom stereocenters. The van der Waals surface area contributed by atoms with Crippen LogP contribution in [0.15, 0.2) is 0 Å². The Morgan fingerprint density at radius 2 is 2.38 bits per heavy atom. The van der Waals surface area contributed by atoms with Crippen molar-refractivity contribution in [2.45, 2.75) is 12.8 Å². The largest absolute Gasteiger partial charge is 0.480 e. The lowest BCUT2D eigenvalue weighted by Crippen LogP contribution is -2.29. The maximum absolute atomic E-state index is 11.1. The molecule has 1 N–H and O–H groups in total. The van der Waals surface area contributed by atoms with Crippen LogP contribution in [0.2, 0.25) is 0 Å². The molecule has 1 rings (SSSR count). The first kappa shape index (κ1) is 9.98. The van der Waals surface area contributed by atoms with Crippen LogP contribution in [0.5, 0.6) is 0 Å². The lowest BCUT2D eigenvalue weighted by Gasteiger charge is -2.14. The number of carbonyl (C=O) groups excluding carboxylic acids is 1. The zero-order chi connectivity index (χ0) is 9.68. The van der Waals surface area contributed by atoms with Crippen LogP contribution in [0.1, 0.15) is 12.8 Å². The maximum atomic E-state index is 11.1. The Hall–Kier alpha value is -1.10. The lowest BCUT2D eigenvalue weighted by molar-refractivity contribution is -0.142. The van der Waals surface area contributed by atoms with Gasteiger partial charge in [-0.1, -0.05) is 0 Å². The summed E-state index contributed by atoms with van der Waals surface area (Å²) in [6.45, 7) is 1.29. The molecule has 0 radical (unpaired) electrons. The molecule has 1 saturated heterocycles. The maximum Gasteiger partial charge on any atom is 0.329 e. The second-order valence-electron chi connectivity index (χ2n) is 2.93. The van der Waals surface area contributed by atoms with Crippen molar-refractivity contribution in [1.82, 2.24) is 4.90 Å². The van der Waals surface area contributed by atoms with E-state index in [0.717, 1.165) is 13.0 Å². The van der Waals surface area contributed by atoms with Crippen LogP contribution < -0.4 is 0 Å². The molecular weight excluding hydrogens is 174 g/mol. The molecule has 5 nitrogen and oxygen atoms in total. The summed E-state index contributed by atoms with van der Waals surface area (Å²) in [5.74, 6) is -0.841. The Morgan fingerprint density at radius 1 is 1.62 bits per heavy atom. The van der Waals surface area contributed by atoms with Gasteiger partial charge in [-0.15, -0.1) is 0 Å². The molecule has 0 aliphatic carbocycles. The number of aliphatic carboxylic acids is 1. The monoisotopic (exact) mass is 187 g/mol. The summed E-state index contributed by atoms with van der Waals surface area (Å²) in [6, 6.07) is 0. The number of ether oxygens (including phenoxy) is 1. The smallest absolute Gasteiger partial charge is 0.329 e. The minimum absolute atomic E-state index is 0.138. The Labute approximate surface area is 76.3 Å². The third kappa shape index (κ3) is 3.42.